The van der Waals surface area contributed by atoms with Crippen molar-refractivity contribution in [2.75, 3.05) is 21.2 Å². The number of nitrogens with two attached hydrogens (primary N) is 1. The van der Waals surface area contributed by atoms with Crippen LogP contribution in [0.2, 0.25) is 0 Å². The SMILES string of the molecule is COc1cc(CN(C)C)ccc1C(N)=S. The summed E-state index contributed by atoms with van der Waals surface area (Å²) in [7, 11) is 5.67. The van der Waals surface area contributed by atoms with Gasteiger partial charge in [0.2, 0.25) is 0 Å². The molecule has 1 rings (SSSR count). The van der Waals surface area contributed by atoms with Crippen LogP contribution in [0.5, 0.6) is 5.75 Å². The average Bonchev–Trinajstić information content (AvgIpc) is 2.16. The van der Waals surface area contributed by atoms with Crippen molar-refractivity contribution in [2.45, 2.75) is 6.54 Å². The zero-order valence-electron chi connectivity index (χ0n) is 9.28. The molecule has 3 nitrogen and oxygen atoms in total. The van der Waals surface area contributed by atoms with E-state index in [1.807, 2.05) is 32.3 Å². The molecule has 2 N–H and O–H groups in total. The molecule has 0 aliphatic carbocycles. The molecule has 1 aromatic rings. The number of benzene rings is 1. The highest BCUT2D eigenvalue weighted by Gasteiger charge is 2.06. The fraction of sp³-hybridized carbons (Fsp3) is 0.364. The monoisotopic (exact) mass is 224 g/mol. The predicted octanol–water partition coefficient (Wildman–Crippen LogP) is 1.39. The van der Waals surface area contributed by atoms with Crippen LogP contribution in [-0.4, -0.2) is 31.1 Å². The molecule has 0 spiro atoms. The summed E-state index contributed by atoms with van der Waals surface area (Å²) >= 11 is 4.93. The normalized spacial score (nSPS) is 10.4. The molecule has 0 aromatic heterocycles. The van der Waals surface area contributed by atoms with Crippen molar-refractivity contribution >= 4 is 17.2 Å². The Labute approximate surface area is 95.8 Å². The fourth-order valence-electron chi connectivity index (χ4n) is 1.40. The summed E-state index contributed by atoms with van der Waals surface area (Å²) in [5, 5.41) is 0. The molecule has 0 amide bonds. The maximum absolute atomic E-state index is 5.58. The minimum absolute atomic E-state index is 0.364. The molecular formula is C11H16N2OS. The number of nitrogens with zero attached hydrogens (tertiary/aromatic N) is 1. The van der Waals surface area contributed by atoms with E-state index in [1.165, 1.54) is 5.56 Å². The smallest absolute Gasteiger partial charge is 0.129 e. The van der Waals surface area contributed by atoms with Gasteiger partial charge in [0.1, 0.15) is 10.7 Å². The number of hydrogen-bond acceptors (Lipinski definition) is 3. The van der Waals surface area contributed by atoms with Gasteiger partial charge in [0, 0.05) is 6.54 Å². The van der Waals surface area contributed by atoms with E-state index in [0.29, 0.717) is 4.99 Å². The van der Waals surface area contributed by atoms with E-state index < -0.39 is 0 Å². The number of thiocarbonyl (C=S) groups is 1. The van der Waals surface area contributed by atoms with Crippen molar-refractivity contribution in [1.82, 2.24) is 4.90 Å². The third-order valence-electron chi connectivity index (χ3n) is 2.03. The van der Waals surface area contributed by atoms with Crippen LogP contribution in [-0.2, 0) is 6.54 Å². The Morgan fingerprint density at radius 3 is 2.60 bits per heavy atom. The van der Waals surface area contributed by atoms with E-state index in [4.69, 9.17) is 22.7 Å². The molecule has 1 aromatic carbocycles. The second-order valence-corrected chi connectivity index (χ2v) is 4.08. The zero-order valence-corrected chi connectivity index (χ0v) is 10.1. The molecule has 82 valence electrons. The summed E-state index contributed by atoms with van der Waals surface area (Å²) < 4.78 is 5.24. The van der Waals surface area contributed by atoms with Crippen LogP contribution in [0.3, 0.4) is 0 Å². The van der Waals surface area contributed by atoms with Crippen molar-refractivity contribution in [1.29, 1.82) is 0 Å². The van der Waals surface area contributed by atoms with Crippen LogP contribution in [0.1, 0.15) is 11.1 Å². The lowest BCUT2D eigenvalue weighted by atomic mass is 10.1. The van der Waals surface area contributed by atoms with E-state index in [9.17, 15) is 0 Å². The van der Waals surface area contributed by atoms with Crippen LogP contribution in [0.4, 0.5) is 0 Å². The summed E-state index contributed by atoms with van der Waals surface area (Å²) in [6, 6.07) is 5.88. The van der Waals surface area contributed by atoms with Crippen LogP contribution >= 0.6 is 12.2 Å². The third kappa shape index (κ3) is 3.18. The van der Waals surface area contributed by atoms with Gasteiger partial charge in [-0.2, -0.15) is 0 Å². The highest BCUT2D eigenvalue weighted by molar-refractivity contribution is 7.80. The molecule has 0 radical (unpaired) electrons. The van der Waals surface area contributed by atoms with Crippen molar-refractivity contribution < 1.29 is 4.74 Å². The number of rotatable bonds is 4. The summed E-state index contributed by atoms with van der Waals surface area (Å²) in [4.78, 5) is 2.46. The first-order valence-corrected chi connectivity index (χ1v) is 5.07. The second-order valence-electron chi connectivity index (χ2n) is 3.64. The molecule has 0 saturated carbocycles. The zero-order chi connectivity index (χ0) is 11.4. The van der Waals surface area contributed by atoms with Crippen molar-refractivity contribution in [3.63, 3.8) is 0 Å². The van der Waals surface area contributed by atoms with Gasteiger partial charge >= 0.3 is 0 Å². The van der Waals surface area contributed by atoms with Gasteiger partial charge < -0.3 is 15.4 Å². The lowest BCUT2D eigenvalue weighted by Gasteiger charge is -2.12. The van der Waals surface area contributed by atoms with E-state index >= 15 is 0 Å². The molecule has 0 fully saturated rings. The summed E-state index contributed by atoms with van der Waals surface area (Å²) in [5.74, 6) is 0.738. The first kappa shape index (κ1) is 11.9. The number of methoxy groups -OCH3 is 1. The molecule has 0 aliphatic rings. The Kier molecular flexibility index (Phi) is 4.05. The molecule has 0 bridgehead atoms. The largest absolute Gasteiger partial charge is 0.496 e. The van der Waals surface area contributed by atoms with Gasteiger partial charge in [-0.05, 0) is 31.8 Å². The highest BCUT2D eigenvalue weighted by atomic mass is 32.1. The van der Waals surface area contributed by atoms with Crippen molar-refractivity contribution in [3.8, 4) is 5.75 Å². The highest BCUT2D eigenvalue weighted by Crippen LogP contribution is 2.20. The van der Waals surface area contributed by atoms with E-state index in [2.05, 4.69) is 4.90 Å². The summed E-state index contributed by atoms with van der Waals surface area (Å²) in [6.45, 7) is 0.869. The minimum atomic E-state index is 0.364. The fourth-order valence-corrected chi connectivity index (χ4v) is 1.57. The second kappa shape index (κ2) is 5.09. The van der Waals surface area contributed by atoms with Crippen molar-refractivity contribution in [2.24, 2.45) is 5.73 Å². The summed E-state index contributed by atoms with van der Waals surface area (Å²) in [5.41, 5.74) is 7.55. The van der Waals surface area contributed by atoms with Gasteiger partial charge in [-0.1, -0.05) is 18.3 Å². The molecule has 0 aliphatic heterocycles. The average molecular weight is 224 g/mol. The first-order valence-electron chi connectivity index (χ1n) is 4.66. The number of ether oxygens (including phenoxy) is 1. The maximum Gasteiger partial charge on any atom is 0.129 e. The van der Waals surface area contributed by atoms with E-state index in [1.54, 1.807) is 7.11 Å². The summed E-state index contributed by atoms with van der Waals surface area (Å²) in [6.07, 6.45) is 0. The van der Waals surface area contributed by atoms with Crippen LogP contribution in [0, 0.1) is 0 Å². The van der Waals surface area contributed by atoms with Crippen LogP contribution in [0.25, 0.3) is 0 Å². The topological polar surface area (TPSA) is 38.5 Å². The van der Waals surface area contributed by atoms with Gasteiger partial charge in [-0.25, -0.2) is 0 Å². The lowest BCUT2D eigenvalue weighted by molar-refractivity contribution is 0.395. The van der Waals surface area contributed by atoms with Gasteiger partial charge in [0.15, 0.2) is 0 Å². The first-order chi connectivity index (χ1) is 7.04. The minimum Gasteiger partial charge on any atom is -0.496 e. The quantitative estimate of drug-likeness (QED) is 0.784. The predicted molar refractivity (Wildman–Crippen MR) is 66.3 cm³/mol. The molecule has 15 heavy (non-hydrogen) atoms. The van der Waals surface area contributed by atoms with Crippen LogP contribution in [0.15, 0.2) is 18.2 Å². The van der Waals surface area contributed by atoms with Gasteiger partial charge in [0.05, 0.1) is 12.7 Å². The Morgan fingerprint density at radius 2 is 2.13 bits per heavy atom. The Hall–Kier alpha value is -1.13. The van der Waals surface area contributed by atoms with Crippen LogP contribution < -0.4 is 10.5 Å². The van der Waals surface area contributed by atoms with Crippen molar-refractivity contribution in [3.05, 3.63) is 29.3 Å². The standard InChI is InChI=1S/C11H16N2OS/c1-13(2)7-8-4-5-9(11(12)15)10(6-8)14-3/h4-6H,7H2,1-3H3,(H2,12,15). The number of hydrogen-bond donors (Lipinski definition) is 1. The molecule has 4 heteroatoms. The third-order valence-corrected chi connectivity index (χ3v) is 2.25. The van der Waals surface area contributed by atoms with Gasteiger partial charge in [-0.3, -0.25) is 0 Å². The van der Waals surface area contributed by atoms with Gasteiger partial charge in [0.25, 0.3) is 0 Å². The molecular weight excluding hydrogens is 208 g/mol. The van der Waals surface area contributed by atoms with Gasteiger partial charge in [-0.15, -0.1) is 0 Å². The Balaban J connectivity index is 3.02. The lowest BCUT2D eigenvalue weighted by Crippen LogP contribution is -2.13. The Morgan fingerprint density at radius 1 is 1.47 bits per heavy atom. The Bertz CT molecular complexity index is 364. The molecule has 0 unspecified atom stereocenters. The molecule has 0 heterocycles. The van der Waals surface area contributed by atoms with E-state index in [0.717, 1.165) is 17.9 Å². The molecule has 0 atom stereocenters. The maximum atomic E-state index is 5.58. The van der Waals surface area contributed by atoms with E-state index in [-0.39, 0.29) is 0 Å². The molecule has 0 saturated heterocycles.